The number of hydrogen-bond donors (Lipinski definition) is 3. The highest BCUT2D eigenvalue weighted by Crippen LogP contribution is 2.11. The number of anilines is 1. The summed E-state index contributed by atoms with van der Waals surface area (Å²) in [6.45, 7) is 7.32. The molecular weight excluding hydrogens is 318 g/mol. The standard InChI is InChI=1S/C19H29N3O3/c1-2-3-5-16-6-8-17(9-7-16)21-19(24)18(23)20-10-4-11-22-12-14-25-15-13-22/h6-9H,2-5,10-15H2,1H3,(H,20,23)(H,21,24)/p+1. The summed E-state index contributed by atoms with van der Waals surface area (Å²) in [5, 5.41) is 5.33. The van der Waals surface area contributed by atoms with Gasteiger partial charge >= 0.3 is 11.8 Å². The summed E-state index contributed by atoms with van der Waals surface area (Å²) in [5.41, 5.74) is 1.90. The highest BCUT2D eigenvalue weighted by Gasteiger charge is 2.15. The van der Waals surface area contributed by atoms with Crippen molar-refractivity contribution in [2.75, 3.05) is 44.7 Å². The highest BCUT2D eigenvalue weighted by atomic mass is 16.5. The van der Waals surface area contributed by atoms with E-state index in [4.69, 9.17) is 4.74 Å². The van der Waals surface area contributed by atoms with Crippen molar-refractivity contribution in [2.24, 2.45) is 0 Å². The number of carbonyl (C=O) groups is 2. The van der Waals surface area contributed by atoms with Crippen LogP contribution in [0.15, 0.2) is 24.3 Å². The normalized spacial score (nSPS) is 14.9. The molecule has 0 atom stereocenters. The molecule has 1 aliphatic rings. The Morgan fingerprint density at radius 2 is 1.80 bits per heavy atom. The average molecular weight is 348 g/mol. The van der Waals surface area contributed by atoms with E-state index in [0.717, 1.165) is 58.5 Å². The number of aryl methyl sites for hydroxylation is 1. The number of benzene rings is 1. The Kier molecular flexibility index (Phi) is 8.42. The van der Waals surface area contributed by atoms with Crippen molar-refractivity contribution < 1.29 is 19.2 Å². The summed E-state index contributed by atoms with van der Waals surface area (Å²) >= 11 is 0. The van der Waals surface area contributed by atoms with Crippen molar-refractivity contribution in [1.82, 2.24) is 5.32 Å². The molecule has 1 fully saturated rings. The molecule has 0 bridgehead atoms. The lowest BCUT2D eigenvalue weighted by molar-refractivity contribution is -0.908. The van der Waals surface area contributed by atoms with E-state index in [2.05, 4.69) is 17.6 Å². The molecule has 6 heteroatoms. The molecule has 1 saturated heterocycles. The minimum absolute atomic E-state index is 0.520. The van der Waals surface area contributed by atoms with E-state index in [0.29, 0.717) is 12.2 Å². The molecule has 0 aliphatic carbocycles. The van der Waals surface area contributed by atoms with Crippen LogP contribution in [0.25, 0.3) is 0 Å². The fraction of sp³-hybridized carbons (Fsp3) is 0.579. The molecule has 0 radical (unpaired) electrons. The minimum atomic E-state index is -0.611. The van der Waals surface area contributed by atoms with Crippen LogP contribution in [0.4, 0.5) is 5.69 Å². The molecule has 0 spiro atoms. The Balaban J connectivity index is 1.64. The van der Waals surface area contributed by atoms with Crippen LogP contribution in [0.2, 0.25) is 0 Å². The van der Waals surface area contributed by atoms with Crippen LogP contribution < -0.4 is 15.5 Å². The summed E-state index contributed by atoms with van der Waals surface area (Å²) < 4.78 is 5.32. The second-order valence-corrected chi connectivity index (χ2v) is 6.48. The first-order valence-electron chi connectivity index (χ1n) is 9.28. The Morgan fingerprint density at radius 3 is 2.48 bits per heavy atom. The Labute approximate surface area is 149 Å². The number of ether oxygens (including phenoxy) is 1. The van der Waals surface area contributed by atoms with E-state index in [9.17, 15) is 9.59 Å². The number of carbonyl (C=O) groups excluding carboxylic acids is 2. The zero-order valence-electron chi connectivity index (χ0n) is 15.1. The third-order valence-electron chi connectivity index (χ3n) is 4.43. The number of rotatable bonds is 8. The molecule has 1 aromatic rings. The fourth-order valence-electron chi connectivity index (χ4n) is 2.85. The van der Waals surface area contributed by atoms with Crippen LogP contribution in [0, 0.1) is 0 Å². The fourth-order valence-corrected chi connectivity index (χ4v) is 2.85. The number of unbranched alkanes of at least 4 members (excludes halogenated alkanes) is 1. The van der Waals surface area contributed by atoms with Gasteiger partial charge in [-0.3, -0.25) is 9.59 Å². The monoisotopic (exact) mass is 348 g/mol. The van der Waals surface area contributed by atoms with Gasteiger partial charge < -0.3 is 20.3 Å². The molecule has 3 N–H and O–H groups in total. The van der Waals surface area contributed by atoms with Crippen molar-refractivity contribution in [1.29, 1.82) is 0 Å². The van der Waals surface area contributed by atoms with Gasteiger partial charge in [0.25, 0.3) is 0 Å². The third-order valence-corrected chi connectivity index (χ3v) is 4.43. The molecule has 1 heterocycles. The number of hydrogen-bond acceptors (Lipinski definition) is 3. The third kappa shape index (κ3) is 7.23. The molecule has 0 unspecified atom stereocenters. The number of amides is 2. The van der Waals surface area contributed by atoms with E-state index in [1.165, 1.54) is 10.5 Å². The lowest BCUT2D eigenvalue weighted by Crippen LogP contribution is -3.14. The second kappa shape index (κ2) is 10.8. The van der Waals surface area contributed by atoms with Gasteiger partial charge in [0, 0.05) is 18.7 Å². The van der Waals surface area contributed by atoms with E-state index < -0.39 is 11.8 Å². The molecular formula is C19H30N3O3+. The van der Waals surface area contributed by atoms with Gasteiger partial charge in [0.1, 0.15) is 13.1 Å². The van der Waals surface area contributed by atoms with Gasteiger partial charge in [0.15, 0.2) is 0 Å². The smallest absolute Gasteiger partial charge is 0.313 e. The topological polar surface area (TPSA) is 71.9 Å². The lowest BCUT2D eigenvalue weighted by Gasteiger charge is -2.23. The molecule has 2 rings (SSSR count). The van der Waals surface area contributed by atoms with Crippen molar-refractivity contribution in [3.05, 3.63) is 29.8 Å². The minimum Gasteiger partial charge on any atom is -0.370 e. The Bertz CT molecular complexity index is 539. The molecule has 0 saturated carbocycles. The van der Waals surface area contributed by atoms with Gasteiger partial charge in [-0.25, -0.2) is 0 Å². The zero-order valence-corrected chi connectivity index (χ0v) is 15.1. The maximum absolute atomic E-state index is 11.9. The molecule has 1 aromatic carbocycles. The predicted molar refractivity (Wildman–Crippen MR) is 97.7 cm³/mol. The Morgan fingerprint density at radius 1 is 1.08 bits per heavy atom. The molecule has 1 aliphatic heterocycles. The van der Waals surface area contributed by atoms with Crippen molar-refractivity contribution in [2.45, 2.75) is 32.6 Å². The molecule has 25 heavy (non-hydrogen) atoms. The van der Waals surface area contributed by atoms with Crippen LogP contribution in [0.5, 0.6) is 0 Å². The number of quaternary nitrogens is 1. The average Bonchev–Trinajstić information content (AvgIpc) is 2.65. The quantitative estimate of drug-likeness (QED) is 0.470. The summed E-state index contributed by atoms with van der Waals surface area (Å²) in [5.74, 6) is -1.19. The summed E-state index contributed by atoms with van der Waals surface area (Å²) in [4.78, 5) is 25.3. The van der Waals surface area contributed by atoms with E-state index in [-0.39, 0.29) is 0 Å². The van der Waals surface area contributed by atoms with Crippen LogP contribution in [0.1, 0.15) is 31.7 Å². The largest absolute Gasteiger partial charge is 0.370 e. The number of morpholine rings is 1. The Hall–Kier alpha value is -1.92. The maximum Gasteiger partial charge on any atom is 0.313 e. The van der Waals surface area contributed by atoms with Crippen LogP contribution in [0.3, 0.4) is 0 Å². The zero-order chi connectivity index (χ0) is 17.9. The lowest BCUT2D eigenvalue weighted by atomic mass is 10.1. The van der Waals surface area contributed by atoms with Gasteiger partial charge in [-0.15, -0.1) is 0 Å². The summed E-state index contributed by atoms with van der Waals surface area (Å²) in [6, 6.07) is 7.68. The van der Waals surface area contributed by atoms with Crippen LogP contribution in [-0.2, 0) is 20.7 Å². The molecule has 0 aromatic heterocycles. The molecule has 2 amide bonds. The van der Waals surface area contributed by atoms with Crippen molar-refractivity contribution >= 4 is 17.5 Å². The predicted octanol–water partition coefficient (Wildman–Crippen LogP) is 0.389. The summed E-state index contributed by atoms with van der Waals surface area (Å²) in [7, 11) is 0. The van der Waals surface area contributed by atoms with Crippen LogP contribution >= 0.6 is 0 Å². The second-order valence-electron chi connectivity index (χ2n) is 6.48. The first-order valence-corrected chi connectivity index (χ1v) is 9.28. The van der Waals surface area contributed by atoms with Crippen molar-refractivity contribution in [3.63, 3.8) is 0 Å². The van der Waals surface area contributed by atoms with Gasteiger partial charge in [-0.05, 0) is 30.5 Å². The SMILES string of the molecule is CCCCc1ccc(NC(=O)C(=O)NCCC[NH+]2CCOCC2)cc1. The van der Waals surface area contributed by atoms with Crippen LogP contribution in [-0.4, -0.2) is 51.2 Å². The van der Waals surface area contributed by atoms with Crippen molar-refractivity contribution in [3.8, 4) is 0 Å². The first kappa shape index (κ1) is 19.4. The van der Waals surface area contributed by atoms with Gasteiger partial charge in [-0.1, -0.05) is 25.5 Å². The van der Waals surface area contributed by atoms with Gasteiger partial charge in [0.05, 0.1) is 19.8 Å². The van der Waals surface area contributed by atoms with Gasteiger partial charge in [0.2, 0.25) is 0 Å². The van der Waals surface area contributed by atoms with E-state index in [1.807, 2.05) is 24.3 Å². The first-order chi connectivity index (χ1) is 12.2. The summed E-state index contributed by atoms with van der Waals surface area (Å²) in [6.07, 6.45) is 4.21. The highest BCUT2D eigenvalue weighted by molar-refractivity contribution is 6.39. The van der Waals surface area contributed by atoms with E-state index >= 15 is 0 Å². The van der Waals surface area contributed by atoms with Gasteiger partial charge in [-0.2, -0.15) is 0 Å². The number of nitrogens with one attached hydrogen (secondary N) is 3. The van der Waals surface area contributed by atoms with E-state index in [1.54, 1.807) is 0 Å². The molecule has 6 nitrogen and oxygen atoms in total. The molecule has 138 valence electrons. The maximum atomic E-state index is 11.9.